The van der Waals surface area contributed by atoms with E-state index in [1.165, 1.54) is 30.9 Å². The number of amides is 3. The van der Waals surface area contributed by atoms with Crippen LogP contribution in [0, 0.1) is 0 Å². The zero-order chi connectivity index (χ0) is 21.2. The van der Waals surface area contributed by atoms with Gasteiger partial charge in [0.15, 0.2) is 9.84 Å². The lowest BCUT2D eigenvalue weighted by Crippen LogP contribution is -2.38. The third kappa shape index (κ3) is 4.45. The molecular formula is C20H21N3O5S. The van der Waals surface area contributed by atoms with Crippen LogP contribution in [0.5, 0.6) is 0 Å². The van der Waals surface area contributed by atoms with Gasteiger partial charge in [0.1, 0.15) is 6.54 Å². The van der Waals surface area contributed by atoms with Gasteiger partial charge in [-0.15, -0.1) is 0 Å². The number of hydrogen-bond donors (Lipinski definition) is 2. The summed E-state index contributed by atoms with van der Waals surface area (Å²) in [6.07, 6.45) is -0.199. The molecule has 1 heterocycles. The third-order valence-corrected chi connectivity index (χ3v) is 6.73. The fourth-order valence-corrected chi connectivity index (χ4v) is 4.63. The smallest absolute Gasteiger partial charge is 0.244 e. The molecule has 2 N–H and O–H groups in total. The Hall–Kier alpha value is -3.20. The Morgan fingerprint density at radius 1 is 1.03 bits per heavy atom. The van der Waals surface area contributed by atoms with Crippen molar-refractivity contribution in [2.45, 2.75) is 30.4 Å². The van der Waals surface area contributed by atoms with Crippen molar-refractivity contribution < 1.29 is 22.8 Å². The number of benzene rings is 2. The largest absolute Gasteiger partial charge is 0.326 e. The lowest BCUT2D eigenvalue weighted by molar-refractivity contribution is -0.121. The molecule has 1 aliphatic heterocycles. The summed E-state index contributed by atoms with van der Waals surface area (Å²) < 4.78 is 25.4. The number of nitrogens with zero attached hydrogens (tertiary/aromatic N) is 1. The summed E-state index contributed by atoms with van der Waals surface area (Å²) in [5, 5.41) is 4.43. The van der Waals surface area contributed by atoms with Gasteiger partial charge in [-0.2, -0.15) is 0 Å². The number of nitrogens with one attached hydrogen (secondary N) is 2. The number of anilines is 3. The second kappa shape index (κ2) is 8.04. The molecule has 9 heteroatoms. The minimum atomic E-state index is -3.66. The summed E-state index contributed by atoms with van der Waals surface area (Å²) in [5.74, 6) is -1.10. The molecule has 152 valence electrons. The molecular weight excluding hydrogens is 394 g/mol. The van der Waals surface area contributed by atoms with Gasteiger partial charge < -0.3 is 15.5 Å². The monoisotopic (exact) mass is 415 g/mol. The highest BCUT2D eigenvalue weighted by Gasteiger charge is 2.36. The van der Waals surface area contributed by atoms with Gasteiger partial charge >= 0.3 is 0 Å². The van der Waals surface area contributed by atoms with Gasteiger partial charge in [0, 0.05) is 24.7 Å². The van der Waals surface area contributed by atoms with Crippen molar-refractivity contribution in [1.82, 2.24) is 0 Å². The minimum absolute atomic E-state index is 0.0470. The van der Waals surface area contributed by atoms with Gasteiger partial charge in [0.25, 0.3) is 0 Å². The van der Waals surface area contributed by atoms with E-state index in [1.807, 2.05) is 0 Å². The zero-order valence-electron chi connectivity index (χ0n) is 16.0. The summed E-state index contributed by atoms with van der Waals surface area (Å²) in [4.78, 5) is 37.5. The Bertz CT molecular complexity index is 1060. The fraction of sp³-hybridized carbons (Fsp3) is 0.250. The number of carbonyl (C=O) groups excluding carboxylic acids is 3. The average molecular weight is 415 g/mol. The Morgan fingerprint density at radius 2 is 1.62 bits per heavy atom. The van der Waals surface area contributed by atoms with Crippen LogP contribution in [0.15, 0.2) is 53.4 Å². The third-order valence-electron chi connectivity index (χ3n) is 4.55. The van der Waals surface area contributed by atoms with Gasteiger partial charge in [-0.1, -0.05) is 12.1 Å². The van der Waals surface area contributed by atoms with Crippen LogP contribution in [-0.4, -0.2) is 37.9 Å². The Balaban J connectivity index is 1.80. The van der Waals surface area contributed by atoms with Crippen LogP contribution in [0.25, 0.3) is 0 Å². The zero-order valence-corrected chi connectivity index (χ0v) is 16.8. The number of sulfone groups is 1. The molecule has 1 unspecified atom stereocenters. The first-order chi connectivity index (χ1) is 13.7. The van der Waals surface area contributed by atoms with E-state index >= 15 is 0 Å². The quantitative estimate of drug-likeness (QED) is 0.795. The summed E-state index contributed by atoms with van der Waals surface area (Å²) in [6, 6.07) is 12.7. The molecule has 0 bridgehead atoms. The van der Waals surface area contributed by atoms with Crippen LogP contribution in [0.2, 0.25) is 0 Å². The predicted octanol–water partition coefficient (Wildman–Crippen LogP) is 2.18. The highest BCUT2D eigenvalue weighted by Crippen LogP contribution is 2.33. The van der Waals surface area contributed by atoms with Crippen molar-refractivity contribution in [2.24, 2.45) is 0 Å². The summed E-state index contributed by atoms with van der Waals surface area (Å²) in [7, 11) is -3.66. The number of carbonyl (C=O) groups is 3. The molecule has 8 nitrogen and oxygen atoms in total. The topological polar surface area (TPSA) is 113 Å². The SMILES string of the molecule is CC(=O)Nc1ccc(NC(=O)CN2C(=O)CC(C)S(=O)(=O)c3ccccc32)cc1. The summed E-state index contributed by atoms with van der Waals surface area (Å²) in [5.41, 5.74) is 1.28. The molecule has 29 heavy (non-hydrogen) atoms. The molecule has 1 aliphatic rings. The normalized spacial score (nSPS) is 17.8. The predicted molar refractivity (Wildman–Crippen MR) is 109 cm³/mol. The van der Waals surface area contributed by atoms with E-state index < -0.39 is 26.9 Å². The van der Waals surface area contributed by atoms with Crippen LogP contribution < -0.4 is 15.5 Å². The first-order valence-electron chi connectivity index (χ1n) is 8.99. The van der Waals surface area contributed by atoms with Crippen molar-refractivity contribution >= 4 is 44.6 Å². The van der Waals surface area contributed by atoms with E-state index in [4.69, 9.17) is 0 Å². The van der Waals surface area contributed by atoms with Crippen molar-refractivity contribution in [3.05, 3.63) is 48.5 Å². The number of rotatable bonds is 4. The lowest BCUT2D eigenvalue weighted by Gasteiger charge is -2.21. The minimum Gasteiger partial charge on any atom is -0.326 e. The van der Waals surface area contributed by atoms with Crippen molar-refractivity contribution in [3.63, 3.8) is 0 Å². The molecule has 0 aromatic heterocycles. The Labute approximate surface area is 168 Å². The Morgan fingerprint density at radius 3 is 2.24 bits per heavy atom. The van der Waals surface area contributed by atoms with E-state index in [2.05, 4.69) is 10.6 Å². The molecule has 0 aliphatic carbocycles. The van der Waals surface area contributed by atoms with Gasteiger partial charge in [-0.3, -0.25) is 14.4 Å². The molecule has 3 rings (SSSR count). The van der Waals surface area contributed by atoms with Crippen LogP contribution in [-0.2, 0) is 24.2 Å². The van der Waals surface area contributed by atoms with Gasteiger partial charge in [-0.05, 0) is 43.3 Å². The van der Waals surface area contributed by atoms with Gasteiger partial charge in [0.2, 0.25) is 17.7 Å². The maximum absolute atomic E-state index is 12.7. The van der Waals surface area contributed by atoms with Crippen LogP contribution in [0.3, 0.4) is 0 Å². The van der Waals surface area contributed by atoms with Crippen LogP contribution >= 0.6 is 0 Å². The highest BCUT2D eigenvalue weighted by molar-refractivity contribution is 7.92. The van der Waals surface area contributed by atoms with Gasteiger partial charge in [0.05, 0.1) is 15.8 Å². The van der Waals surface area contributed by atoms with Crippen molar-refractivity contribution in [3.8, 4) is 0 Å². The van der Waals surface area contributed by atoms with E-state index in [-0.39, 0.29) is 29.5 Å². The Kier molecular flexibility index (Phi) is 5.69. The first-order valence-corrected chi connectivity index (χ1v) is 10.5. The maximum atomic E-state index is 12.7. The number of fused-ring (bicyclic) bond motifs is 1. The van der Waals surface area contributed by atoms with E-state index in [0.29, 0.717) is 11.4 Å². The summed E-state index contributed by atoms with van der Waals surface area (Å²) >= 11 is 0. The standard InChI is InChI=1S/C20H21N3O5S/c1-13-11-20(26)23(17-5-3-4-6-18(17)29(13,27)28)12-19(25)22-16-9-7-15(8-10-16)21-14(2)24/h3-10,13H,11-12H2,1-2H3,(H,21,24)(H,22,25). The number of para-hydroxylation sites is 1. The first kappa shape index (κ1) is 20.5. The number of hydrogen-bond acceptors (Lipinski definition) is 5. The average Bonchev–Trinajstić information content (AvgIpc) is 2.72. The maximum Gasteiger partial charge on any atom is 0.244 e. The fourth-order valence-electron chi connectivity index (χ4n) is 3.10. The molecule has 2 aromatic carbocycles. The molecule has 2 aromatic rings. The molecule has 0 saturated carbocycles. The second-order valence-corrected chi connectivity index (χ2v) is 9.15. The molecule has 0 radical (unpaired) electrons. The second-order valence-electron chi connectivity index (χ2n) is 6.81. The van der Waals surface area contributed by atoms with E-state index in [9.17, 15) is 22.8 Å². The molecule has 1 atom stereocenters. The van der Waals surface area contributed by atoms with E-state index in [0.717, 1.165) is 0 Å². The van der Waals surface area contributed by atoms with Crippen molar-refractivity contribution in [2.75, 3.05) is 22.1 Å². The highest BCUT2D eigenvalue weighted by atomic mass is 32.2. The molecule has 3 amide bonds. The van der Waals surface area contributed by atoms with Crippen LogP contribution in [0.1, 0.15) is 20.3 Å². The molecule has 0 saturated heterocycles. The van der Waals surface area contributed by atoms with Crippen LogP contribution in [0.4, 0.5) is 17.1 Å². The molecule has 0 fully saturated rings. The molecule has 0 spiro atoms. The summed E-state index contributed by atoms with van der Waals surface area (Å²) in [6.45, 7) is 2.57. The lowest BCUT2D eigenvalue weighted by atomic mass is 10.2. The van der Waals surface area contributed by atoms with Crippen molar-refractivity contribution in [1.29, 1.82) is 0 Å². The van der Waals surface area contributed by atoms with E-state index in [1.54, 1.807) is 36.4 Å². The van der Waals surface area contributed by atoms with Gasteiger partial charge in [-0.25, -0.2) is 8.42 Å².